The van der Waals surface area contributed by atoms with Crippen LogP contribution in [0.5, 0.6) is 0 Å². The van der Waals surface area contributed by atoms with Gasteiger partial charge >= 0.3 is 6.18 Å². The van der Waals surface area contributed by atoms with Crippen LogP contribution in [0.2, 0.25) is 0 Å². The van der Waals surface area contributed by atoms with Gasteiger partial charge in [0.15, 0.2) is 0 Å². The summed E-state index contributed by atoms with van der Waals surface area (Å²) in [5, 5.41) is 10.1. The van der Waals surface area contributed by atoms with Crippen LogP contribution in [-0.2, 0) is 11.0 Å². The summed E-state index contributed by atoms with van der Waals surface area (Å²) in [6, 6.07) is 12.0. The molecule has 196 valence electrons. The fraction of sp³-hybridized carbons (Fsp3) is 0.250. The number of rotatable bonds is 4. The lowest BCUT2D eigenvalue weighted by molar-refractivity contribution is -0.137. The number of alkyl halides is 3. The second-order valence-electron chi connectivity index (χ2n) is 9.72. The number of benzene rings is 2. The van der Waals surface area contributed by atoms with Crippen molar-refractivity contribution >= 4 is 17.6 Å². The van der Waals surface area contributed by atoms with Crippen LogP contribution in [0.1, 0.15) is 46.4 Å². The van der Waals surface area contributed by atoms with E-state index in [9.17, 15) is 27.2 Å². The Morgan fingerprint density at radius 1 is 1.16 bits per heavy atom. The Morgan fingerprint density at radius 3 is 2.55 bits per heavy atom. The molecule has 1 aliphatic heterocycles. The molecule has 5 rings (SSSR count). The van der Waals surface area contributed by atoms with Crippen molar-refractivity contribution in [2.24, 2.45) is 5.41 Å². The average molecular weight is 525 g/mol. The van der Waals surface area contributed by atoms with Crippen molar-refractivity contribution < 1.29 is 27.2 Å². The van der Waals surface area contributed by atoms with Gasteiger partial charge in [-0.05, 0) is 61.2 Å². The van der Waals surface area contributed by atoms with Crippen LogP contribution in [0.25, 0.3) is 5.69 Å². The Labute approximate surface area is 216 Å². The van der Waals surface area contributed by atoms with E-state index in [0.29, 0.717) is 22.8 Å². The average Bonchev–Trinajstić information content (AvgIpc) is 3.21. The van der Waals surface area contributed by atoms with Gasteiger partial charge in [0.1, 0.15) is 17.7 Å². The summed E-state index contributed by atoms with van der Waals surface area (Å²) in [7, 11) is 0. The number of nitrogens with one attached hydrogen (secondary N) is 2. The SMILES string of the molecule is Cc1nn(-c2ccccc2)c2c1[C@H](C1(C)C=CC(F)=CC1)[C@H](NC(=O)c1cccc(C(F)(F)F)c1)C(=O)N2. The van der Waals surface area contributed by atoms with Crippen molar-refractivity contribution in [3.05, 3.63) is 101 Å². The summed E-state index contributed by atoms with van der Waals surface area (Å²) in [5.41, 5.74) is -0.0625. The lowest BCUT2D eigenvalue weighted by atomic mass is 9.65. The van der Waals surface area contributed by atoms with E-state index < -0.39 is 46.8 Å². The lowest BCUT2D eigenvalue weighted by Crippen LogP contribution is -2.54. The molecule has 0 spiro atoms. The zero-order valence-corrected chi connectivity index (χ0v) is 20.5. The van der Waals surface area contributed by atoms with Crippen molar-refractivity contribution in [2.75, 3.05) is 5.32 Å². The van der Waals surface area contributed by atoms with E-state index in [4.69, 9.17) is 0 Å². The molecule has 2 aliphatic rings. The molecule has 2 aromatic carbocycles. The van der Waals surface area contributed by atoms with E-state index in [1.807, 2.05) is 37.3 Å². The van der Waals surface area contributed by atoms with Gasteiger partial charge in [-0.25, -0.2) is 9.07 Å². The van der Waals surface area contributed by atoms with Gasteiger partial charge in [0.25, 0.3) is 5.91 Å². The van der Waals surface area contributed by atoms with Crippen molar-refractivity contribution in [3.63, 3.8) is 0 Å². The molecular formula is C28H24F4N4O2. The van der Waals surface area contributed by atoms with Crippen molar-refractivity contribution in [2.45, 2.75) is 38.4 Å². The molecule has 2 amide bonds. The molecule has 2 N–H and O–H groups in total. The van der Waals surface area contributed by atoms with Crippen LogP contribution in [-0.4, -0.2) is 27.6 Å². The molecule has 0 fully saturated rings. The number of para-hydroxylation sites is 1. The van der Waals surface area contributed by atoms with Crippen LogP contribution in [0.15, 0.2) is 78.7 Å². The maximum atomic E-state index is 14.0. The predicted octanol–water partition coefficient (Wildman–Crippen LogP) is 5.85. The minimum absolute atomic E-state index is 0.232. The molecule has 3 aromatic rings. The van der Waals surface area contributed by atoms with Gasteiger partial charge in [-0.3, -0.25) is 9.59 Å². The van der Waals surface area contributed by atoms with Gasteiger partial charge in [-0.1, -0.05) is 37.3 Å². The number of fused-ring (bicyclic) bond motifs is 1. The number of hydrogen-bond donors (Lipinski definition) is 2. The number of amides is 2. The molecule has 38 heavy (non-hydrogen) atoms. The summed E-state index contributed by atoms with van der Waals surface area (Å²) < 4.78 is 55.3. The van der Waals surface area contributed by atoms with E-state index in [-0.39, 0.29) is 12.0 Å². The first kappa shape index (κ1) is 25.4. The van der Waals surface area contributed by atoms with E-state index in [1.165, 1.54) is 18.2 Å². The zero-order valence-electron chi connectivity index (χ0n) is 20.5. The van der Waals surface area contributed by atoms with Crippen LogP contribution in [0.3, 0.4) is 0 Å². The number of nitrogens with zero attached hydrogens (tertiary/aromatic N) is 2. The van der Waals surface area contributed by atoms with E-state index in [1.54, 1.807) is 17.7 Å². The predicted molar refractivity (Wildman–Crippen MR) is 133 cm³/mol. The summed E-state index contributed by atoms with van der Waals surface area (Å²) in [5.74, 6) is -2.06. The molecule has 2 heterocycles. The Morgan fingerprint density at radius 2 is 1.89 bits per heavy atom. The number of halogens is 4. The molecule has 1 aliphatic carbocycles. The fourth-order valence-corrected chi connectivity index (χ4v) is 5.18. The number of carbonyl (C=O) groups excluding carboxylic acids is 2. The quantitative estimate of drug-likeness (QED) is 0.420. The Balaban J connectivity index is 1.59. The Bertz CT molecular complexity index is 1480. The molecule has 10 heteroatoms. The second kappa shape index (κ2) is 9.27. The van der Waals surface area contributed by atoms with Crippen molar-refractivity contribution in [3.8, 4) is 5.69 Å². The van der Waals surface area contributed by atoms with Crippen LogP contribution in [0.4, 0.5) is 23.4 Å². The van der Waals surface area contributed by atoms with Crippen LogP contribution in [0, 0.1) is 12.3 Å². The topological polar surface area (TPSA) is 76.0 Å². The highest BCUT2D eigenvalue weighted by molar-refractivity contribution is 6.03. The molecular weight excluding hydrogens is 500 g/mol. The zero-order chi connectivity index (χ0) is 27.2. The maximum absolute atomic E-state index is 14.0. The molecule has 0 saturated carbocycles. The standard InChI is InChI=1S/C28H24F4N4O2/c1-16-21-22(27(2)13-11-19(29)12-14-27)23(33-25(37)17-7-6-8-18(15-17)28(30,31)32)26(38)34-24(21)36(35-16)20-9-4-3-5-10-20/h3-13,15,22-23H,14H2,1-2H3,(H,33,37)(H,34,38)/t22-,23-,27?/m0/s1. The van der Waals surface area contributed by atoms with E-state index in [0.717, 1.165) is 18.2 Å². The first-order chi connectivity index (χ1) is 18.0. The monoisotopic (exact) mass is 524 g/mol. The van der Waals surface area contributed by atoms with E-state index >= 15 is 0 Å². The number of aryl methyl sites for hydroxylation is 1. The first-order valence-corrected chi connectivity index (χ1v) is 12.0. The fourth-order valence-electron chi connectivity index (χ4n) is 5.18. The number of hydrogen-bond acceptors (Lipinski definition) is 3. The van der Waals surface area contributed by atoms with Crippen molar-refractivity contribution in [1.82, 2.24) is 15.1 Å². The number of allylic oxidation sites excluding steroid dienone is 4. The Kier molecular flexibility index (Phi) is 6.21. The summed E-state index contributed by atoms with van der Waals surface area (Å²) in [6.07, 6.45) is -0.000292. The highest BCUT2D eigenvalue weighted by Crippen LogP contribution is 2.50. The van der Waals surface area contributed by atoms with Crippen LogP contribution >= 0.6 is 0 Å². The van der Waals surface area contributed by atoms with Gasteiger partial charge in [0.05, 0.1) is 16.9 Å². The third-order valence-corrected chi connectivity index (χ3v) is 7.09. The van der Waals surface area contributed by atoms with Gasteiger partial charge in [0, 0.05) is 17.0 Å². The van der Waals surface area contributed by atoms with Gasteiger partial charge < -0.3 is 10.6 Å². The van der Waals surface area contributed by atoms with Crippen LogP contribution < -0.4 is 10.6 Å². The number of carbonyl (C=O) groups is 2. The van der Waals surface area contributed by atoms with E-state index in [2.05, 4.69) is 15.7 Å². The molecule has 1 unspecified atom stereocenters. The Hall–Kier alpha value is -4.21. The largest absolute Gasteiger partial charge is 0.416 e. The third-order valence-electron chi connectivity index (χ3n) is 7.09. The first-order valence-electron chi connectivity index (χ1n) is 12.0. The summed E-state index contributed by atoms with van der Waals surface area (Å²) in [4.78, 5) is 26.7. The molecule has 1 aromatic heterocycles. The highest BCUT2D eigenvalue weighted by atomic mass is 19.4. The second-order valence-corrected chi connectivity index (χ2v) is 9.72. The molecule has 0 radical (unpaired) electrons. The van der Waals surface area contributed by atoms with Gasteiger partial charge in [-0.2, -0.15) is 18.3 Å². The molecule has 0 saturated heterocycles. The highest BCUT2D eigenvalue weighted by Gasteiger charge is 2.49. The summed E-state index contributed by atoms with van der Waals surface area (Å²) in [6.45, 7) is 3.63. The minimum Gasteiger partial charge on any atom is -0.340 e. The summed E-state index contributed by atoms with van der Waals surface area (Å²) >= 11 is 0. The van der Waals surface area contributed by atoms with Gasteiger partial charge in [0.2, 0.25) is 5.91 Å². The molecule has 3 atom stereocenters. The van der Waals surface area contributed by atoms with Crippen molar-refractivity contribution in [1.29, 1.82) is 0 Å². The minimum atomic E-state index is -4.63. The number of aromatic nitrogens is 2. The van der Waals surface area contributed by atoms with Gasteiger partial charge in [-0.15, -0.1) is 0 Å². The molecule has 6 nitrogen and oxygen atoms in total. The lowest BCUT2D eigenvalue weighted by Gasteiger charge is -2.43. The number of anilines is 1. The molecule has 0 bridgehead atoms. The smallest absolute Gasteiger partial charge is 0.340 e. The maximum Gasteiger partial charge on any atom is 0.416 e. The third kappa shape index (κ3) is 4.51. The normalized spacial score (nSPS) is 22.9.